The normalized spacial score (nSPS) is 17.4. The van der Waals surface area contributed by atoms with E-state index >= 15 is 0 Å². The molecular weight excluding hydrogens is 243 g/mol. The lowest BCUT2D eigenvalue weighted by Crippen LogP contribution is -2.34. The zero-order valence-electron chi connectivity index (χ0n) is 11.6. The first-order chi connectivity index (χ1) is 8.91. The Balaban J connectivity index is 2.04. The zero-order valence-corrected chi connectivity index (χ0v) is 11.6. The number of carbonyl (C=O) groups is 1. The highest BCUT2D eigenvalue weighted by atomic mass is 19.1. The van der Waals surface area contributed by atoms with Gasteiger partial charge in [0.2, 0.25) is 0 Å². The van der Waals surface area contributed by atoms with Gasteiger partial charge in [-0.2, -0.15) is 0 Å². The van der Waals surface area contributed by atoms with Crippen LogP contribution in [0.4, 0.5) is 10.1 Å². The molecule has 0 atom stereocenters. The van der Waals surface area contributed by atoms with Crippen molar-refractivity contribution in [1.29, 1.82) is 0 Å². The number of nitrogens with one attached hydrogen (secondary N) is 1. The van der Waals surface area contributed by atoms with E-state index in [9.17, 15) is 9.18 Å². The summed E-state index contributed by atoms with van der Waals surface area (Å²) in [5, 5.41) is 2.89. The average Bonchev–Trinajstić information content (AvgIpc) is 2.80. The van der Waals surface area contributed by atoms with Gasteiger partial charge >= 0.3 is 0 Å². The molecule has 104 valence electrons. The molecule has 0 spiro atoms. The Bertz CT molecular complexity index is 470. The third-order valence-corrected chi connectivity index (χ3v) is 4.13. The summed E-state index contributed by atoms with van der Waals surface area (Å²) in [6.45, 7) is 4.43. The van der Waals surface area contributed by atoms with Crippen LogP contribution in [0.3, 0.4) is 0 Å². The molecule has 0 aromatic heterocycles. The molecule has 3 nitrogen and oxygen atoms in total. The van der Waals surface area contributed by atoms with E-state index in [-0.39, 0.29) is 11.3 Å². The molecule has 1 aliphatic rings. The first kappa shape index (κ1) is 13.8. The lowest BCUT2D eigenvalue weighted by molar-refractivity contribution is 0.0934. The van der Waals surface area contributed by atoms with Crippen molar-refractivity contribution in [2.45, 2.75) is 39.5 Å². The fourth-order valence-corrected chi connectivity index (χ4v) is 2.63. The van der Waals surface area contributed by atoms with E-state index in [1.54, 1.807) is 6.92 Å². The third-order valence-electron chi connectivity index (χ3n) is 4.13. The number of anilines is 1. The zero-order chi connectivity index (χ0) is 14.0. The highest BCUT2D eigenvalue weighted by Crippen LogP contribution is 2.36. The summed E-state index contributed by atoms with van der Waals surface area (Å²) in [6.07, 6.45) is 4.71. The second-order valence-corrected chi connectivity index (χ2v) is 5.87. The van der Waals surface area contributed by atoms with Gasteiger partial charge in [0, 0.05) is 23.4 Å². The van der Waals surface area contributed by atoms with Gasteiger partial charge in [-0.05, 0) is 37.3 Å². The van der Waals surface area contributed by atoms with Crippen molar-refractivity contribution >= 4 is 11.6 Å². The molecule has 0 aliphatic heterocycles. The summed E-state index contributed by atoms with van der Waals surface area (Å²) in [6, 6.07) is 2.78. The maximum atomic E-state index is 13.6. The Morgan fingerprint density at radius 2 is 2.05 bits per heavy atom. The Morgan fingerprint density at radius 3 is 2.63 bits per heavy atom. The number of carbonyl (C=O) groups excluding carboxylic acids is 1. The van der Waals surface area contributed by atoms with E-state index in [0.29, 0.717) is 23.4 Å². The molecule has 0 bridgehead atoms. The fraction of sp³-hybridized carbons (Fsp3) is 0.533. The molecule has 0 radical (unpaired) electrons. The molecular formula is C15H21FN2O. The van der Waals surface area contributed by atoms with Crippen molar-refractivity contribution < 1.29 is 9.18 Å². The van der Waals surface area contributed by atoms with Gasteiger partial charge in [-0.1, -0.05) is 19.8 Å². The van der Waals surface area contributed by atoms with Crippen molar-refractivity contribution in [3.8, 4) is 0 Å². The summed E-state index contributed by atoms with van der Waals surface area (Å²) >= 11 is 0. The van der Waals surface area contributed by atoms with E-state index in [0.717, 1.165) is 12.8 Å². The minimum atomic E-state index is -0.433. The van der Waals surface area contributed by atoms with Gasteiger partial charge in [0.15, 0.2) is 0 Å². The average molecular weight is 264 g/mol. The summed E-state index contributed by atoms with van der Waals surface area (Å²) in [5.74, 6) is -0.684. The number of amides is 1. The van der Waals surface area contributed by atoms with Crippen molar-refractivity contribution in [3.05, 3.63) is 29.1 Å². The van der Waals surface area contributed by atoms with Gasteiger partial charge in [-0.25, -0.2) is 4.39 Å². The number of halogens is 1. The van der Waals surface area contributed by atoms with Crippen LogP contribution in [-0.4, -0.2) is 12.5 Å². The summed E-state index contributed by atoms with van der Waals surface area (Å²) in [7, 11) is 0. The van der Waals surface area contributed by atoms with E-state index in [2.05, 4.69) is 12.2 Å². The van der Waals surface area contributed by atoms with Gasteiger partial charge in [0.25, 0.3) is 5.91 Å². The maximum absolute atomic E-state index is 13.6. The highest BCUT2D eigenvalue weighted by Gasteiger charge is 2.29. The van der Waals surface area contributed by atoms with E-state index in [1.165, 1.54) is 25.0 Å². The largest absolute Gasteiger partial charge is 0.398 e. The Morgan fingerprint density at radius 1 is 1.42 bits per heavy atom. The van der Waals surface area contributed by atoms with Gasteiger partial charge in [0.05, 0.1) is 0 Å². The monoisotopic (exact) mass is 264 g/mol. The molecule has 1 fully saturated rings. The molecule has 3 N–H and O–H groups in total. The third kappa shape index (κ3) is 3.06. The molecule has 19 heavy (non-hydrogen) atoms. The Kier molecular flexibility index (Phi) is 3.78. The van der Waals surface area contributed by atoms with Crippen LogP contribution in [0.2, 0.25) is 0 Å². The van der Waals surface area contributed by atoms with Crippen molar-refractivity contribution in [2.24, 2.45) is 5.41 Å². The predicted molar refractivity (Wildman–Crippen MR) is 74.5 cm³/mol. The molecule has 2 rings (SSSR count). The highest BCUT2D eigenvalue weighted by molar-refractivity contribution is 5.95. The molecule has 0 unspecified atom stereocenters. The number of nitrogens with two attached hydrogens (primary N) is 1. The van der Waals surface area contributed by atoms with Crippen LogP contribution in [0, 0.1) is 18.2 Å². The van der Waals surface area contributed by atoms with Gasteiger partial charge in [-0.15, -0.1) is 0 Å². The van der Waals surface area contributed by atoms with E-state index < -0.39 is 5.82 Å². The van der Waals surface area contributed by atoms with Crippen LogP contribution in [0.1, 0.15) is 48.5 Å². The van der Waals surface area contributed by atoms with Gasteiger partial charge in [-0.3, -0.25) is 4.79 Å². The van der Waals surface area contributed by atoms with Crippen molar-refractivity contribution in [1.82, 2.24) is 5.32 Å². The van der Waals surface area contributed by atoms with Crippen LogP contribution in [0.5, 0.6) is 0 Å². The van der Waals surface area contributed by atoms with Crippen LogP contribution in [-0.2, 0) is 0 Å². The number of hydrogen-bond acceptors (Lipinski definition) is 2. The standard InChI is InChI=1S/C15H21FN2O/c1-10-12(16)7-11(8-13(10)17)14(19)18-9-15(2)5-3-4-6-15/h7-8H,3-6,9,17H2,1-2H3,(H,18,19). The molecule has 4 heteroatoms. The van der Waals surface area contributed by atoms with Crippen LogP contribution >= 0.6 is 0 Å². The SMILES string of the molecule is Cc1c(N)cc(C(=O)NCC2(C)CCCC2)cc1F. The predicted octanol–water partition coefficient (Wildman–Crippen LogP) is 3.03. The summed E-state index contributed by atoms with van der Waals surface area (Å²) in [4.78, 5) is 12.0. The molecule has 1 amide bonds. The molecule has 1 aromatic rings. The van der Waals surface area contributed by atoms with Crippen molar-refractivity contribution in [2.75, 3.05) is 12.3 Å². The van der Waals surface area contributed by atoms with Gasteiger partial charge < -0.3 is 11.1 Å². The first-order valence-corrected chi connectivity index (χ1v) is 6.75. The summed E-state index contributed by atoms with van der Waals surface area (Å²) < 4.78 is 13.6. The smallest absolute Gasteiger partial charge is 0.251 e. The minimum absolute atomic E-state index is 0.185. The Hall–Kier alpha value is -1.58. The summed E-state index contributed by atoms with van der Waals surface area (Å²) in [5.41, 5.74) is 6.87. The number of rotatable bonds is 3. The molecule has 0 heterocycles. The quantitative estimate of drug-likeness (QED) is 0.824. The molecule has 1 aliphatic carbocycles. The second kappa shape index (κ2) is 5.19. The van der Waals surface area contributed by atoms with E-state index in [1.807, 2.05) is 0 Å². The van der Waals surface area contributed by atoms with Gasteiger partial charge in [0.1, 0.15) is 5.82 Å². The first-order valence-electron chi connectivity index (χ1n) is 6.75. The molecule has 1 saturated carbocycles. The lowest BCUT2D eigenvalue weighted by atomic mass is 9.89. The molecule has 0 saturated heterocycles. The van der Waals surface area contributed by atoms with Crippen LogP contribution in [0.25, 0.3) is 0 Å². The second-order valence-electron chi connectivity index (χ2n) is 5.87. The number of nitrogen functional groups attached to an aromatic ring is 1. The van der Waals surface area contributed by atoms with Crippen LogP contribution in [0.15, 0.2) is 12.1 Å². The van der Waals surface area contributed by atoms with Crippen molar-refractivity contribution in [3.63, 3.8) is 0 Å². The number of hydrogen-bond donors (Lipinski definition) is 2. The maximum Gasteiger partial charge on any atom is 0.251 e. The molecule has 1 aromatic carbocycles. The number of benzene rings is 1. The van der Waals surface area contributed by atoms with Crippen LogP contribution < -0.4 is 11.1 Å². The van der Waals surface area contributed by atoms with E-state index in [4.69, 9.17) is 5.73 Å². The minimum Gasteiger partial charge on any atom is -0.398 e. The fourth-order valence-electron chi connectivity index (χ4n) is 2.63. The topological polar surface area (TPSA) is 55.1 Å². The lowest BCUT2D eigenvalue weighted by Gasteiger charge is -2.23. The Labute approximate surface area is 113 Å².